The smallest absolute Gasteiger partial charge is 0.406 e. The summed E-state index contributed by atoms with van der Waals surface area (Å²) in [5.74, 6) is -0.596. The highest BCUT2D eigenvalue weighted by molar-refractivity contribution is 5.70. The van der Waals surface area contributed by atoms with Crippen LogP contribution in [0.3, 0.4) is 0 Å². The number of nitro groups is 1. The van der Waals surface area contributed by atoms with Gasteiger partial charge in [-0.1, -0.05) is 12.1 Å². The molecule has 0 spiro atoms. The zero-order chi connectivity index (χ0) is 18.1. The molecule has 0 bridgehead atoms. The second kappa shape index (κ2) is 6.02. The Morgan fingerprint density at radius 1 is 0.917 bits per heavy atom. The molecule has 0 aromatic heterocycles. The molecule has 24 heavy (non-hydrogen) atoms. The first-order valence-corrected chi connectivity index (χ1v) is 6.19. The van der Waals surface area contributed by atoms with Gasteiger partial charge in [-0.15, -0.1) is 13.2 Å². The molecule has 0 saturated carbocycles. The average Bonchev–Trinajstić information content (AvgIpc) is 2.45. The maximum atomic E-state index is 13.1. The molecule has 2 aromatic carbocycles. The van der Waals surface area contributed by atoms with Crippen molar-refractivity contribution in [3.8, 4) is 16.9 Å². The van der Waals surface area contributed by atoms with E-state index in [1.165, 1.54) is 0 Å². The number of nitrogens with zero attached hydrogens (tertiary/aromatic N) is 1. The normalized spacial score (nSPS) is 12.1. The Bertz CT molecular complexity index is 753. The van der Waals surface area contributed by atoms with Gasteiger partial charge in [0.15, 0.2) is 0 Å². The van der Waals surface area contributed by atoms with Gasteiger partial charge in [-0.3, -0.25) is 10.1 Å². The van der Waals surface area contributed by atoms with Crippen molar-refractivity contribution in [2.75, 3.05) is 0 Å². The molecule has 0 fully saturated rings. The van der Waals surface area contributed by atoms with Crippen molar-refractivity contribution in [2.24, 2.45) is 0 Å². The number of non-ortho nitro benzene ring substituents is 1. The van der Waals surface area contributed by atoms with Crippen LogP contribution in [0.5, 0.6) is 5.75 Å². The summed E-state index contributed by atoms with van der Waals surface area (Å²) in [5.41, 5.74) is -2.47. The Hall–Kier alpha value is -2.78. The third kappa shape index (κ3) is 4.15. The van der Waals surface area contributed by atoms with Crippen LogP contribution in [0, 0.1) is 10.1 Å². The molecule has 0 aliphatic heterocycles. The van der Waals surface area contributed by atoms with Gasteiger partial charge in [-0.2, -0.15) is 13.2 Å². The lowest BCUT2D eigenvalue weighted by molar-refractivity contribution is -0.385. The molecule has 0 N–H and O–H groups in total. The SMILES string of the molecule is O=[N+]([O-])c1ccc(-c2ccc(OC(F)(F)F)cc2)c(C(F)(F)F)c1. The molecule has 0 atom stereocenters. The van der Waals surface area contributed by atoms with Crippen LogP contribution in [-0.4, -0.2) is 11.3 Å². The van der Waals surface area contributed by atoms with E-state index in [1.807, 2.05) is 0 Å². The fourth-order valence-corrected chi connectivity index (χ4v) is 1.97. The van der Waals surface area contributed by atoms with Gasteiger partial charge in [0.2, 0.25) is 0 Å². The number of benzene rings is 2. The molecule has 128 valence electrons. The third-order valence-electron chi connectivity index (χ3n) is 2.92. The Labute approximate surface area is 130 Å². The minimum atomic E-state index is -4.92. The molecule has 2 aromatic rings. The van der Waals surface area contributed by atoms with Crippen molar-refractivity contribution in [3.63, 3.8) is 0 Å². The Morgan fingerprint density at radius 2 is 1.50 bits per heavy atom. The van der Waals surface area contributed by atoms with Gasteiger partial charge in [0, 0.05) is 12.1 Å². The number of ether oxygens (including phenoxy) is 1. The molecule has 0 radical (unpaired) electrons. The van der Waals surface area contributed by atoms with Gasteiger partial charge in [-0.25, -0.2) is 0 Å². The largest absolute Gasteiger partial charge is 0.573 e. The minimum absolute atomic E-state index is 0.0632. The van der Waals surface area contributed by atoms with Crippen molar-refractivity contribution < 1.29 is 36.0 Å². The fourth-order valence-electron chi connectivity index (χ4n) is 1.97. The summed E-state index contributed by atoms with van der Waals surface area (Å²) in [6, 6.07) is 5.84. The molecule has 0 saturated heterocycles. The first kappa shape index (κ1) is 17.6. The third-order valence-corrected chi connectivity index (χ3v) is 2.92. The first-order chi connectivity index (χ1) is 11.0. The molecule has 0 unspecified atom stereocenters. The van der Waals surface area contributed by atoms with Gasteiger partial charge in [0.1, 0.15) is 5.75 Å². The maximum Gasteiger partial charge on any atom is 0.573 e. The van der Waals surface area contributed by atoms with Crippen LogP contribution in [0.4, 0.5) is 32.0 Å². The Morgan fingerprint density at radius 3 is 1.96 bits per heavy atom. The molecule has 0 amide bonds. The number of nitro benzene ring substituents is 1. The molecular formula is C14H7F6NO3. The molecular weight excluding hydrogens is 344 g/mol. The topological polar surface area (TPSA) is 52.4 Å². The van der Waals surface area contributed by atoms with E-state index in [-0.39, 0.29) is 5.56 Å². The summed E-state index contributed by atoms with van der Waals surface area (Å²) in [6.07, 6.45) is -9.80. The fraction of sp³-hybridized carbons (Fsp3) is 0.143. The maximum absolute atomic E-state index is 13.1. The van der Waals surface area contributed by atoms with E-state index in [9.17, 15) is 36.5 Å². The van der Waals surface area contributed by atoms with Gasteiger partial charge in [-0.05, 0) is 29.3 Å². The van der Waals surface area contributed by atoms with Crippen molar-refractivity contribution in [3.05, 3.63) is 58.1 Å². The van der Waals surface area contributed by atoms with E-state index in [0.717, 1.165) is 36.4 Å². The highest BCUT2D eigenvalue weighted by Crippen LogP contribution is 2.39. The molecule has 10 heteroatoms. The van der Waals surface area contributed by atoms with Gasteiger partial charge in [0.25, 0.3) is 5.69 Å². The van der Waals surface area contributed by atoms with Crippen LogP contribution in [0.1, 0.15) is 5.56 Å². The number of hydrogen-bond acceptors (Lipinski definition) is 3. The number of rotatable bonds is 3. The number of hydrogen-bond donors (Lipinski definition) is 0. The Balaban J connectivity index is 2.46. The van der Waals surface area contributed by atoms with E-state index in [0.29, 0.717) is 6.07 Å². The van der Waals surface area contributed by atoms with Crippen molar-refractivity contribution in [1.82, 2.24) is 0 Å². The van der Waals surface area contributed by atoms with Crippen LogP contribution in [0.2, 0.25) is 0 Å². The predicted octanol–water partition coefficient (Wildman–Crippen LogP) is 5.18. The van der Waals surface area contributed by atoms with Crippen molar-refractivity contribution >= 4 is 5.69 Å². The molecule has 2 rings (SSSR count). The van der Waals surface area contributed by atoms with E-state index in [2.05, 4.69) is 4.74 Å². The summed E-state index contributed by atoms with van der Waals surface area (Å²) in [7, 11) is 0. The second-order valence-electron chi connectivity index (χ2n) is 4.56. The van der Waals surface area contributed by atoms with E-state index < -0.39 is 40.0 Å². The van der Waals surface area contributed by atoms with Crippen LogP contribution < -0.4 is 4.74 Å². The molecule has 0 aliphatic carbocycles. The van der Waals surface area contributed by atoms with Gasteiger partial charge < -0.3 is 4.74 Å². The van der Waals surface area contributed by atoms with Gasteiger partial charge >= 0.3 is 12.5 Å². The van der Waals surface area contributed by atoms with E-state index in [4.69, 9.17) is 0 Å². The summed E-state index contributed by atoms with van der Waals surface area (Å²) < 4.78 is 79.1. The monoisotopic (exact) mass is 351 g/mol. The standard InChI is InChI=1S/C14H7F6NO3/c15-13(16,17)12-7-9(21(22)23)3-6-11(12)8-1-4-10(5-2-8)24-14(18,19)20/h1-7H. The molecule has 4 nitrogen and oxygen atoms in total. The lowest BCUT2D eigenvalue weighted by Gasteiger charge is -2.14. The highest BCUT2D eigenvalue weighted by Gasteiger charge is 2.35. The zero-order valence-corrected chi connectivity index (χ0v) is 11.5. The first-order valence-electron chi connectivity index (χ1n) is 6.19. The van der Waals surface area contributed by atoms with E-state index >= 15 is 0 Å². The van der Waals surface area contributed by atoms with Crippen molar-refractivity contribution in [1.29, 1.82) is 0 Å². The van der Waals surface area contributed by atoms with Crippen LogP contribution in [0.15, 0.2) is 42.5 Å². The van der Waals surface area contributed by atoms with Crippen LogP contribution >= 0.6 is 0 Å². The number of halogens is 6. The summed E-state index contributed by atoms with van der Waals surface area (Å²) in [4.78, 5) is 9.65. The quantitative estimate of drug-likeness (QED) is 0.435. The number of alkyl halides is 6. The average molecular weight is 351 g/mol. The van der Waals surface area contributed by atoms with E-state index in [1.54, 1.807) is 0 Å². The Kier molecular flexibility index (Phi) is 4.41. The highest BCUT2D eigenvalue weighted by atomic mass is 19.4. The van der Waals surface area contributed by atoms with Crippen molar-refractivity contribution in [2.45, 2.75) is 12.5 Å². The molecule has 0 heterocycles. The second-order valence-corrected chi connectivity index (χ2v) is 4.56. The predicted molar refractivity (Wildman–Crippen MR) is 70.2 cm³/mol. The zero-order valence-electron chi connectivity index (χ0n) is 11.5. The molecule has 0 aliphatic rings. The van der Waals surface area contributed by atoms with Crippen LogP contribution in [-0.2, 0) is 6.18 Å². The summed E-state index contributed by atoms with van der Waals surface area (Å²) in [5, 5.41) is 10.6. The lowest BCUT2D eigenvalue weighted by atomic mass is 9.98. The summed E-state index contributed by atoms with van der Waals surface area (Å²) in [6.45, 7) is 0. The lowest BCUT2D eigenvalue weighted by Crippen LogP contribution is -2.17. The van der Waals surface area contributed by atoms with Gasteiger partial charge in [0.05, 0.1) is 10.5 Å². The minimum Gasteiger partial charge on any atom is -0.406 e. The van der Waals surface area contributed by atoms with Crippen LogP contribution in [0.25, 0.3) is 11.1 Å². The summed E-state index contributed by atoms with van der Waals surface area (Å²) >= 11 is 0.